The molecule has 1 amide bonds. The molecule has 1 aromatic heterocycles. The second-order valence-corrected chi connectivity index (χ2v) is 4.67. The predicted molar refractivity (Wildman–Crippen MR) is 74.8 cm³/mol. The first-order valence-electron chi connectivity index (χ1n) is 6.53. The number of fused-ring (bicyclic) bond motifs is 1. The molecule has 1 heterocycles. The summed E-state index contributed by atoms with van der Waals surface area (Å²) in [5, 5.41) is 9.77. The van der Waals surface area contributed by atoms with E-state index in [4.69, 9.17) is 9.52 Å². The second kappa shape index (κ2) is 5.77. The number of rotatable bonds is 5. The third-order valence-corrected chi connectivity index (χ3v) is 3.14. The van der Waals surface area contributed by atoms with Crippen molar-refractivity contribution in [3.8, 4) is 0 Å². The van der Waals surface area contributed by atoms with E-state index in [0.717, 1.165) is 10.9 Å². The Morgan fingerprint density at radius 2 is 2.00 bits per heavy atom. The highest BCUT2D eigenvalue weighted by atomic mass is 16.4. The molecule has 0 aliphatic heterocycles. The lowest BCUT2D eigenvalue weighted by molar-refractivity contribution is -0.137. The van der Waals surface area contributed by atoms with Crippen LogP contribution in [-0.2, 0) is 4.79 Å². The van der Waals surface area contributed by atoms with E-state index in [1.54, 1.807) is 6.07 Å². The van der Waals surface area contributed by atoms with Gasteiger partial charge in [-0.25, -0.2) is 0 Å². The number of amides is 1. The van der Waals surface area contributed by atoms with E-state index in [0.29, 0.717) is 18.5 Å². The molecule has 5 heteroatoms. The van der Waals surface area contributed by atoms with E-state index in [1.807, 2.05) is 32.0 Å². The van der Waals surface area contributed by atoms with Crippen molar-refractivity contribution in [1.29, 1.82) is 0 Å². The van der Waals surface area contributed by atoms with Gasteiger partial charge in [0.15, 0.2) is 5.76 Å². The van der Waals surface area contributed by atoms with Crippen LogP contribution >= 0.6 is 0 Å². The smallest absolute Gasteiger partial charge is 0.323 e. The number of carbonyl (C=O) groups is 2. The van der Waals surface area contributed by atoms with Crippen molar-refractivity contribution in [1.82, 2.24) is 4.90 Å². The highest BCUT2D eigenvalue weighted by Crippen LogP contribution is 2.25. The van der Waals surface area contributed by atoms with Crippen LogP contribution in [0.4, 0.5) is 0 Å². The molecule has 0 bridgehead atoms. The van der Waals surface area contributed by atoms with Gasteiger partial charge in [0, 0.05) is 17.5 Å². The van der Waals surface area contributed by atoms with Crippen LogP contribution in [0.25, 0.3) is 11.0 Å². The molecular formula is C15H17NO4. The van der Waals surface area contributed by atoms with Gasteiger partial charge >= 0.3 is 5.97 Å². The van der Waals surface area contributed by atoms with Crippen molar-refractivity contribution in [3.63, 3.8) is 0 Å². The number of para-hydroxylation sites is 1. The molecule has 0 fully saturated rings. The summed E-state index contributed by atoms with van der Waals surface area (Å²) in [5.74, 6) is -1.18. The topological polar surface area (TPSA) is 70.8 Å². The van der Waals surface area contributed by atoms with Crippen LogP contribution in [0.1, 0.15) is 29.5 Å². The van der Waals surface area contributed by atoms with Crippen molar-refractivity contribution in [2.45, 2.75) is 20.3 Å². The zero-order valence-corrected chi connectivity index (χ0v) is 11.5. The zero-order valence-electron chi connectivity index (χ0n) is 11.5. The Hall–Kier alpha value is -2.30. The number of furan rings is 1. The molecule has 0 radical (unpaired) electrons. The molecule has 0 atom stereocenters. The number of aliphatic carboxylic acids is 1. The number of hydrogen-bond acceptors (Lipinski definition) is 3. The van der Waals surface area contributed by atoms with Gasteiger partial charge in [-0.3, -0.25) is 9.59 Å². The number of aryl methyl sites for hydroxylation is 1. The van der Waals surface area contributed by atoms with Crippen LogP contribution in [0.2, 0.25) is 0 Å². The summed E-state index contributed by atoms with van der Waals surface area (Å²) in [5.41, 5.74) is 1.39. The van der Waals surface area contributed by atoms with Crippen molar-refractivity contribution in [3.05, 3.63) is 35.6 Å². The van der Waals surface area contributed by atoms with E-state index in [9.17, 15) is 9.59 Å². The van der Waals surface area contributed by atoms with Crippen LogP contribution in [-0.4, -0.2) is 35.0 Å². The van der Waals surface area contributed by atoms with Crippen molar-refractivity contribution >= 4 is 22.8 Å². The van der Waals surface area contributed by atoms with Gasteiger partial charge in [-0.1, -0.05) is 25.1 Å². The molecule has 0 aliphatic rings. The molecule has 2 aromatic rings. The largest absolute Gasteiger partial charge is 0.480 e. The summed E-state index contributed by atoms with van der Waals surface area (Å²) in [6, 6.07) is 7.38. The molecule has 5 nitrogen and oxygen atoms in total. The number of hydrogen-bond donors (Lipinski definition) is 1. The molecule has 106 valence electrons. The average Bonchev–Trinajstić information content (AvgIpc) is 2.75. The van der Waals surface area contributed by atoms with Gasteiger partial charge in [0.2, 0.25) is 0 Å². The summed E-state index contributed by atoms with van der Waals surface area (Å²) in [6.45, 7) is 3.78. The summed E-state index contributed by atoms with van der Waals surface area (Å²) in [7, 11) is 0. The average molecular weight is 275 g/mol. The third-order valence-electron chi connectivity index (χ3n) is 3.14. The van der Waals surface area contributed by atoms with Crippen LogP contribution in [0.5, 0.6) is 0 Å². The fourth-order valence-electron chi connectivity index (χ4n) is 2.21. The summed E-state index contributed by atoms with van der Waals surface area (Å²) >= 11 is 0. The Balaban J connectivity index is 2.38. The first kappa shape index (κ1) is 14.1. The molecule has 0 saturated heterocycles. The lowest BCUT2D eigenvalue weighted by atomic mass is 10.1. The van der Waals surface area contributed by atoms with Crippen molar-refractivity contribution in [2.24, 2.45) is 0 Å². The normalized spacial score (nSPS) is 10.7. The summed E-state index contributed by atoms with van der Waals surface area (Å²) in [4.78, 5) is 24.6. The van der Waals surface area contributed by atoms with E-state index in [1.165, 1.54) is 4.90 Å². The van der Waals surface area contributed by atoms with Crippen LogP contribution in [0.15, 0.2) is 28.7 Å². The lowest BCUT2D eigenvalue weighted by Crippen LogP contribution is -2.36. The van der Waals surface area contributed by atoms with Crippen LogP contribution < -0.4 is 0 Å². The lowest BCUT2D eigenvalue weighted by Gasteiger charge is -2.18. The Bertz CT molecular complexity index is 644. The Labute approximate surface area is 116 Å². The first-order chi connectivity index (χ1) is 9.54. The van der Waals surface area contributed by atoms with Gasteiger partial charge in [0.25, 0.3) is 5.91 Å². The number of benzene rings is 1. The third kappa shape index (κ3) is 2.66. The second-order valence-electron chi connectivity index (χ2n) is 4.67. The molecule has 0 aliphatic carbocycles. The van der Waals surface area contributed by atoms with Crippen molar-refractivity contribution < 1.29 is 19.1 Å². The van der Waals surface area contributed by atoms with E-state index >= 15 is 0 Å². The van der Waals surface area contributed by atoms with E-state index in [-0.39, 0.29) is 18.2 Å². The Morgan fingerprint density at radius 1 is 1.30 bits per heavy atom. The fraction of sp³-hybridized carbons (Fsp3) is 0.333. The Kier molecular flexibility index (Phi) is 4.08. The fourth-order valence-corrected chi connectivity index (χ4v) is 2.21. The van der Waals surface area contributed by atoms with Crippen LogP contribution in [0.3, 0.4) is 0 Å². The standard InChI is InChI=1S/C15H17NO4/c1-3-8-16(9-13(17)18)15(19)14-10(2)11-6-4-5-7-12(11)20-14/h4-7H,3,8-9H2,1-2H3,(H,17,18). The molecule has 0 spiro atoms. The molecule has 1 aromatic carbocycles. The molecule has 0 unspecified atom stereocenters. The minimum Gasteiger partial charge on any atom is -0.480 e. The van der Waals surface area contributed by atoms with Gasteiger partial charge in [0.1, 0.15) is 12.1 Å². The van der Waals surface area contributed by atoms with Gasteiger partial charge in [-0.15, -0.1) is 0 Å². The van der Waals surface area contributed by atoms with Gasteiger partial charge < -0.3 is 14.4 Å². The maximum atomic E-state index is 12.4. The highest BCUT2D eigenvalue weighted by Gasteiger charge is 2.24. The van der Waals surface area contributed by atoms with Gasteiger partial charge in [-0.2, -0.15) is 0 Å². The zero-order chi connectivity index (χ0) is 14.7. The monoisotopic (exact) mass is 275 g/mol. The molecule has 0 saturated carbocycles. The summed E-state index contributed by atoms with van der Waals surface area (Å²) < 4.78 is 5.59. The molecule has 20 heavy (non-hydrogen) atoms. The predicted octanol–water partition coefficient (Wildman–Crippen LogP) is 2.68. The maximum Gasteiger partial charge on any atom is 0.323 e. The first-order valence-corrected chi connectivity index (χ1v) is 6.53. The SMILES string of the molecule is CCCN(CC(=O)O)C(=O)c1oc2ccccc2c1C. The maximum absolute atomic E-state index is 12.4. The van der Waals surface area contributed by atoms with Crippen LogP contribution in [0, 0.1) is 6.92 Å². The van der Waals surface area contributed by atoms with Gasteiger partial charge in [-0.05, 0) is 19.4 Å². The minimum atomic E-state index is -1.03. The number of nitrogens with zero attached hydrogens (tertiary/aromatic N) is 1. The van der Waals surface area contributed by atoms with Gasteiger partial charge in [0.05, 0.1) is 0 Å². The van der Waals surface area contributed by atoms with E-state index in [2.05, 4.69) is 0 Å². The quantitative estimate of drug-likeness (QED) is 0.910. The van der Waals surface area contributed by atoms with E-state index < -0.39 is 5.97 Å². The highest BCUT2D eigenvalue weighted by molar-refractivity contribution is 5.99. The summed E-state index contributed by atoms with van der Waals surface area (Å²) in [6.07, 6.45) is 0.693. The Morgan fingerprint density at radius 3 is 2.60 bits per heavy atom. The number of carboxylic acid groups (broad SMARTS) is 1. The molecule has 2 rings (SSSR count). The van der Waals surface area contributed by atoms with Crippen molar-refractivity contribution in [2.75, 3.05) is 13.1 Å². The number of carboxylic acids is 1. The molecule has 1 N–H and O–H groups in total. The minimum absolute atomic E-state index is 0.223. The number of carbonyl (C=O) groups excluding carboxylic acids is 1. The molecular weight excluding hydrogens is 258 g/mol.